The molecule has 0 radical (unpaired) electrons. The van der Waals surface area contributed by atoms with Crippen LogP contribution >= 0.6 is 0 Å². The van der Waals surface area contributed by atoms with Crippen molar-refractivity contribution in [3.05, 3.63) is 29.8 Å². The Morgan fingerprint density at radius 2 is 1.94 bits per heavy atom. The van der Waals surface area contributed by atoms with Gasteiger partial charge in [0.25, 0.3) is 0 Å². The molecule has 1 heterocycles. The van der Waals surface area contributed by atoms with Crippen LogP contribution in [-0.4, -0.2) is 38.7 Å². The highest BCUT2D eigenvalue weighted by atomic mass is 32.2. The van der Waals surface area contributed by atoms with Crippen molar-refractivity contribution in [2.45, 2.75) is 17.9 Å². The predicted molar refractivity (Wildman–Crippen MR) is 68.0 cm³/mol. The summed E-state index contributed by atoms with van der Waals surface area (Å²) in [5.41, 5.74) is 0.930. The van der Waals surface area contributed by atoms with Crippen LogP contribution in [0.4, 0.5) is 4.79 Å². The zero-order chi connectivity index (χ0) is 13.2. The number of hydrogen-bond acceptors (Lipinski definition) is 3. The standard InChI is InChI=1S/C12H16N2O3S/c1-18(16,17)11-5-3-10(4-6-11)9-14-8-2-7-13-12(14)15/h3-6H,2,7-9H2,1H3,(H,13,15). The maximum Gasteiger partial charge on any atom is 0.317 e. The van der Waals surface area contributed by atoms with E-state index in [-0.39, 0.29) is 6.03 Å². The fourth-order valence-corrected chi connectivity index (χ4v) is 2.52. The topological polar surface area (TPSA) is 66.5 Å². The van der Waals surface area contributed by atoms with Crippen LogP contribution in [0.5, 0.6) is 0 Å². The summed E-state index contributed by atoms with van der Waals surface area (Å²) >= 11 is 0. The van der Waals surface area contributed by atoms with Crippen molar-refractivity contribution in [2.24, 2.45) is 0 Å². The lowest BCUT2D eigenvalue weighted by Crippen LogP contribution is -2.45. The van der Waals surface area contributed by atoms with E-state index in [2.05, 4.69) is 5.32 Å². The van der Waals surface area contributed by atoms with Crippen molar-refractivity contribution in [1.82, 2.24) is 10.2 Å². The zero-order valence-electron chi connectivity index (χ0n) is 10.2. The summed E-state index contributed by atoms with van der Waals surface area (Å²) in [5.74, 6) is 0. The first kappa shape index (κ1) is 12.9. The Hall–Kier alpha value is -1.56. The number of nitrogens with one attached hydrogen (secondary N) is 1. The first-order chi connectivity index (χ1) is 8.47. The Labute approximate surface area is 107 Å². The van der Waals surface area contributed by atoms with Crippen LogP contribution in [0.15, 0.2) is 29.2 Å². The molecule has 1 aliphatic rings. The SMILES string of the molecule is CS(=O)(=O)c1ccc(CN2CCCNC2=O)cc1. The summed E-state index contributed by atoms with van der Waals surface area (Å²) in [4.78, 5) is 13.6. The summed E-state index contributed by atoms with van der Waals surface area (Å²) in [6, 6.07) is 6.59. The molecular formula is C12H16N2O3S. The van der Waals surface area contributed by atoms with E-state index in [1.807, 2.05) is 0 Å². The molecule has 0 unspecified atom stereocenters. The zero-order valence-corrected chi connectivity index (χ0v) is 11.0. The molecule has 1 aromatic carbocycles. The second-order valence-electron chi connectivity index (χ2n) is 4.42. The molecule has 2 rings (SSSR count). The van der Waals surface area contributed by atoms with Crippen LogP contribution in [0.2, 0.25) is 0 Å². The van der Waals surface area contributed by atoms with E-state index in [1.54, 1.807) is 29.2 Å². The molecule has 0 aromatic heterocycles. The summed E-state index contributed by atoms with van der Waals surface area (Å²) in [7, 11) is -3.16. The van der Waals surface area contributed by atoms with Gasteiger partial charge >= 0.3 is 6.03 Å². The van der Waals surface area contributed by atoms with Crippen molar-refractivity contribution in [1.29, 1.82) is 0 Å². The molecule has 1 fully saturated rings. The molecule has 0 saturated carbocycles. The number of nitrogens with zero attached hydrogens (tertiary/aromatic N) is 1. The van der Waals surface area contributed by atoms with E-state index in [9.17, 15) is 13.2 Å². The van der Waals surface area contributed by atoms with Gasteiger partial charge in [-0.05, 0) is 24.1 Å². The molecule has 2 amide bonds. The number of urea groups is 1. The smallest absolute Gasteiger partial charge is 0.317 e. The van der Waals surface area contributed by atoms with E-state index in [0.717, 1.165) is 25.1 Å². The second kappa shape index (κ2) is 4.97. The van der Waals surface area contributed by atoms with Crippen molar-refractivity contribution in [3.63, 3.8) is 0 Å². The minimum absolute atomic E-state index is 0.0616. The molecule has 0 spiro atoms. The van der Waals surface area contributed by atoms with Gasteiger partial charge in [0, 0.05) is 25.9 Å². The molecule has 0 bridgehead atoms. The molecule has 5 nitrogen and oxygen atoms in total. The van der Waals surface area contributed by atoms with Crippen LogP contribution < -0.4 is 5.32 Å². The predicted octanol–water partition coefficient (Wildman–Crippen LogP) is 1.01. The van der Waals surface area contributed by atoms with E-state index in [0.29, 0.717) is 11.4 Å². The van der Waals surface area contributed by atoms with Gasteiger partial charge in [-0.2, -0.15) is 0 Å². The first-order valence-corrected chi connectivity index (χ1v) is 7.68. The lowest BCUT2D eigenvalue weighted by atomic mass is 10.2. The third-order valence-corrected chi connectivity index (χ3v) is 4.02. The Kier molecular flexibility index (Phi) is 3.56. The number of hydrogen-bond donors (Lipinski definition) is 1. The van der Waals surface area contributed by atoms with Gasteiger partial charge < -0.3 is 10.2 Å². The number of benzene rings is 1. The number of amides is 2. The van der Waals surface area contributed by atoms with Crippen LogP contribution in [0.25, 0.3) is 0 Å². The van der Waals surface area contributed by atoms with Crippen LogP contribution in [-0.2, 0) is 16.4 Å². The average molecular weight is 268 g/mol. The Balaban J connectivity index is 2.08. The highest BCUT2D eigenvalue weighted by molar-refractivity contribution is 7.90. The first-order valence-electron chi connectivity index (χ1n) is 5.78. The van der Waals surface area contributed by atoms with Crippen molar-refractivity contribution in [3.8, 4) is 0 Å². The summed E-state index contributed by atoms with van der Waals surface area (Å²) < 4.78 is 22.6. The molecular weight excluding hydrogens is 252 g/mol. The van der Waals surface area contributed by atoms with Gasteiger partial charge in [-0.1, -0.05) is 12.1 Å². The molecule has 18 heavy (non-hydrogen) atoms. The second-order valence-corrected chi connectivity index (χ2v) is 6.44. The van der Waals surface area contributed by atoms with Gasteiger partial charge in [-0.15, -0.1) is 0 Å². The van der Waals surface area contributed by atoms with Gasteiger partial charge in [0.15, 0.2) is 9.84 Å². The number of carbonyl (C=O) groups excluding carboxylic acids is 1. The monoisotopic (exact) mass is 268 g/mol. The minimum Gasteiger partial charge on any atom is -0.338 e. The van der Waals surface area contributed by atoms with Gasteiger partial charge in [0.2, 0.25) is 0 Å². The highest BCUT2D eigenvalue weighted by Gasteiger charge is 2.17. The van der Waals surface area contributed by atoms with Crippen LogP contribution in [0.1, 0.15) is 12.0 Å². The maximum absolute atomic E-state index is 11.5. The van der Waals surface area contributed by atoms with E-state index in [4.69, 9.17) is 0 Å². The number of rotatable bonds is 3. The molecule has 1 aromatic rings. The fraction of sp³-hybridized carbons (Fsp3) is 0.417. The molecule has 0 aliphatic carbocycles. The fourth-order valence-electron chi connectivity index (χ4n) is 1.89. The molecule has 1 saturated heterocycles. The molecule has 98 valence electrons. The van der Waals surface area contributed by atoms with Crippen LogP contribution in [0.3, 0.4) is 0 Å². The van der Waals surface area contributed by atoms with Gasteiger partial charge in [0.05, 0.1) is 4.90 Å². The third-order valence-electron chi connectivity index (χ3n) is 2.89. The highest BCUT2D eigenvalue weighted by Crippen LogP contribution is 2.13. The van der Waals surface area contributed by atoms with E-state index < -0.39 is 9.84 Å². The molecule has 1 aliphatic heterocycles. The summed E-state index contributed by atoms with van der Waals surface area (Å²) in [5, 5.41) is 2.78. The Bertz CT molecular complexity index is 537. The van der Waals surface area contributed by atoms with Crippen molar-refractivity contribution in [2.75, 3.05) is 19.3 Å². The molecule has 0 atom stereocenters. The van der Waals surface area contributed by atoms with Crippen molar-refractivity contribution < 1.29 is 13.2 Å². The van der Waals surface area contributed by atoms with E-state index in [1.165, 1.54) is 6.26 Å². The lowest BCUT2D eigenvalue weighted by molar-refractivity contribution is 0.183. The average Bonchev–Trinajstić information content (AvgIpc) is 2.32. The summed E-state index contributed by atoms with van der Waals surface area (Å²) in [6.07, 6.45) is 2.12. The normalized spacial score (nSPS) is 16.5. The van der Waals surface area contributed by atoms with Gasteiger partial charge in [-0.3, -0.25) is 0 Å². The Morgan fingerprint density at radius 1 is 1.28 bits per heavy atom. The van der Waals surface area contributed by atoms with Crippen molar-refractivity contribution >= 4 is 15.9 Å². The van der Waals surface area contributed by atoms with Gasteiger partial charge in [0.1, 0.15) is 0 Å². The van der Waals surface area contributed by atoms with Gasteiger partial charge in [-0.25, -0.2) is 13.2 Å². The molecule has 6 heteroatoms. The minimum atomic E-state index is -3.16. The van der Waals surface area contributed by atoms with Crippen LogP contribution in [0, 0.1) is 0 Å². The lowest BCUT2D eigenvalue weighted by Gasteiger charge is -2.27. The number of carbonyl (C=O) groups is 1. The summed E-state index contributed by atoms with van der Waals surface area (Å²) in [6.45, 7) is 1.97. The van der Waals surface area contributed by atoms with E-state index >= 15 is 0 Å². The molecule has 1 N–H and O–H groups in total. The quantitative estimate of drug-likeness (QED) is 0.889. The third kappa shape index (κ3) is 3.01. The maximum atomic E-state index is 11.5. The number of sulfone groups is 1. The largest absolute Gasteiger partial charge is 0.338 e. The Morgan fingerprint density at radius 3 is 2.50 bits per heavy atom.